The van der Waals surface area contributed by atoms with E-state index in [0.717, 1.165) is 11.8 Å². The standard InChI is InChI=1S/C18H24N2O4S/c1-3-16(21)20-10-14-9-19(17(22)12-25(2,23)24)11-15(14)18(20)13-7-5-4-6-8-13/h4-8,14-15,18H,3,9-12H2,1-2H3/t14-,15-,18-/m0/s1. The van der Waals surface area contributed by atoms with Crippen LogP contribution in [0.5, 0.6) is 0 Å². The fraction of sp³-hybridized carbons (Fsp3) is 0.556. The van der Waals surface area contributed by atoms with Crippen LogP contribution >= 0.6 is 0 Å². The van der Waals surface area contributed by atoms with E-state index in [1.807, 2.05) is 42.2 Å². The van der Waals surface area contributed by atoms with E-state index in [1.54, 1.807) is 4.90 Å². The average molecular weight is 364 g/mol. The molecule has 0 aromatic heterocycles. The fourth-order valence-corrected chi connectivity index (χ4v) is 4.73. The molecule has 7 heteroatoms. The summed E-state index contributed by atoms with van der Waals surface area (Å²) in [7, 11) is -3.33. The first kappa shape index (κ1) is 17.9. The Bertz CT molecular complexity index is 763. The van der Waals surface area contributed by atoms with Crippen molar-refractivity contribution < 1.29 is 18.0 Å². The molecular formula is C18H24N2O4S. The topological polar surface area (TPSA) is 74.8 Å². The highest BCUT2D eigenvalue weighted by molar-refractivity contribution is 7.91. The number of hydrogen-bond acceptors (Lipinski definition) is 4. The van der Waals surface area contributed by atoms with Crippen LogP contribution in [0.1, 0.15) is 24.9 Å². The fourth-order valence-electron chi connectivity index (χ4n) is 4.10. The Morgan fingerprint density at radius 3 is 2.36 bits per heavy atom. The van der Waals surface area contributed by atoms with Crippen molar-refractivity contribution in [2.45, 2.75) is 19.4 Å². The number of likely N-dealkylation sites (tertiary alicyclic amines) is 2. The summed E-state index contributed by atoms with van der Waals surface area (Å²) >= 11 is 0. The molecule has 0 N–H and O–H groups in total. The summed E-state index contributed by atoms with van der Waals surface area (Å²) in [6.45, 7) is 3.52. The van der Waals surface area contributed by atoms with Gasteiger partial charge in [-0.2, -0.15) is 0 Å². The van der Waals surface area contributed by atoms with Gasteiger partial charge >= 0.3 is 0 Å². The van der Waals surface area contributed by atoms with Crippen molar-refractivity contribution in [2.24, 2.45) is 11.8 Å². The maximum atomic E-state index is 12.4. The third kappa shape index (κ3) is 3.71. The number of carbonyl (C=O) groups excluding carboxylic acids is 2. The van der Waals surface area contributed by atoms with Crippen LogP contribution in [-0.4, -0.2) is 61.7 Å². The highest BCUT2D eigenvalue weighted by Gasteiger charge is 2.49. The Hall–Kier alpha value is -1.89. The molecule has 1 aromatic rings. The van der Waals surface area contributed by atoms with Gasteiger partial charge in [-0.15, -0.1) is 0 Å². The largest absolute Gasteiger partial charge is 0.341 e. The number of sulfone groups is 1. The molecule has 0 radical (unpaired) electrons. The van der Waals surface area contributed by atoms with Crippen LogP contribution in [0.4, 0.5) is 0 Å². The predicted molar refractivity (Wildman–Crippen MR) is 94.5 cm³/mol. The third-order valence-corrected chi connectivity index (χ3v) is 5.94. The van der Waals surface area contributed by atoms with E-state index in [1.165, 1.54) is 0 Å². The number of nitrogens with zero attached hydrogens (tertiary/aromatic N) is 2. The normalized spacial score (nSPS) is 25.9. The van der Waals surface area contributed by atoms with Crippen LogP contribution in [0.2, 0.25) is 0 Å². The quantitative estimate of drug-likeness (QED) is 0.802. The number of benzene rings is 1. The van der Waals surface area contributed by atoms with Gasteiger partial charge < -0.3 is 9.80 Å². The maximum absolute atomic E-state index is 12.4. The Kier molecular flexibility index (Phi) is 4.86. The number of rotatable bonds is 4. The van der Waals surface area contributed by atoms with Gasteiger partial charge in [0.1, 0.15) is 5.75 Å². The van der Waals surface area contributed by atoms with E-state index < -0.39 is 15.6 Å². The summed E-state index contributed by atoms with van der Waals surface area (Å²) in [5.74, 6) is -0.306. The van der Waals surface area contributed by atoms with Gasteiger partial charge in [-0.3, -0.25) is 9.59 Å². The number of fused-ring (bicyclic) bond motifs is 1. The Labute approximate surface area is 148 Å². The van der Waals surface area contributed by atoms with E-state index in [2.05, 4.69) is 0 Å². The minimum absolute atomic E-state index is 0.0466. The molecule has 0 spiro atoms. The summed E-state index contributed by atoms with van der Waals surface area (Å²) in [6.07, 6.45) is 1.54. The van der Waals surface area contributed by atoms with Crippen molar-refractivity contribution in [3.63, 3.8) is 0 Å². The zero-order valence-corrected chi connectivity index (χ0v) is 15.4. The van der Waals surface area contributed by atoms with Crippen LogP contribution in [0.3, 0.4) is 0 Å². The number of amides is 2. The molecule has 3 atom stereocenters. The summed E-state index contributed by atoms with van der Waals surface area (Å²) in [6, 6.07) is 9.85. The van der Waals surface area contributed by atoms with Gasteiger partial charge in [0.2, 0.25) is 11.8 Å². The van der Waals surface area contributed by atoms with Gasteiger partial charge in [0.05, 0.1) is 6.04 Å². The Balaban J connectivity index is 1.82. The van der Waals surface area contributed by atoms with Crippen molar-refractivity contribution in [1.82, 2.24) is 9.80 Å². The molecule has 2 fully saturated rings. The van der Waals surface area contributed by atoms with Crippen LogP contribution < -0.4 is 0 Å². The van der Waals surface area contributed by atoms with Crippen LogP contribution in [0, 0.1) is 11.8 Å². The summed E-state index contributed by atoms with van der Waals surface area (Å²) < 4.78 is 22.8. The van der Waals surface area contributed by atoms with Crippen molar-refractivity contribution in [1.29, 1.82) is 0 Å². The van der Waals surface area contributed by atoms with Gasteiger partial charge in [0.25, 0.3) is 0 Å². The molecule has 3 rings (SSSR count). The van der Waals surface area contributed by atoms with E-state index >= 15 is 0 Å². The molecule has 2 aliphatic rings. The van der Waals surface area contributed by atoms with Crippen molar-refractivity contribution in [2.75, 3.05) is 31.6 Å². The van der Waals surface area contributed by atoms with E-state index in [0.29, 0.717) is 26.1 Å². The Morgan fingerprint density at radius 1 is 1.08 bits per heavy atom. The molecule has 2 aliphatic heterocycles. The van der Waals surface area contributed by atoms with Crippen molar-refractivity contribution >= 4 is 21.7 Å². The molecule has 1 aromatic carbocycles. The molecule has 0 bridgehead atoms. The monoisotopic (exact) mass is 364 g/mol. The van der Waals surface area contributed by atoms with Gasteiger partial charge in [-0.25, -0.2) is 8.42 Å². The second-order valence-corrected chi connectivity index (χ2v) is 9.19. The molecule has 25 heavy (non-hydrogen) atoms. The Morgan fingerprint density at radius 2 is 1.76 bits per heavy atom. The van der Waals surface area contributed by atoms with Crippen LogP contribution in [0.15, 0.2) is 30.3 Å². The molecule has 2 saturated heterocycles. The number of carbonyl (C=O) groups is 2. The van der Waals surface area contributed by atoms with Gasteiger partial charge in [0, 0.05) is 44.1 Å². The zero-order chi connectivity index (χ0) is 18.2. The molecule has 2 heterocycles. The molecule has 2 amide bonds. The number of hydrogen-bond donors (Lipinski definition) is 0. The van der Waals surface area contributed by atoms with Gasteiger partial charge in [-0.1, -0.05) is 37.3 Å². The summed E-state index contributed by atoms with van der Waals surface area (Å²) in [5, 5.41) is 0. The lowest BCUT2D eigenvalue weighted by Gasteiger charge is -2.29. The lowest BCUT2D eigenvalue weighted by Crippen LogP contribution is -2.39. The first-order valence-corrected chi connectivity index (χ1v) is 10.7. The maximum Gasteiger partial charge on any atom is 0.237 e. The highest BCUT2D eigenvalue weighted by Crippen LogP contribution is 2.45. The van der Waals surface area contributed by atoms with E-state index in [4.69, 9.17) is 0 Å². The third-order valence-electron chi connectivity index (χ3n) is 5.17. The zero-order valence-electron chi connectivity index (χ0n) is 14.6. The summed E-state index contributed by atoms with van der Waals surface area (Å²) in [5.41, 5.74) is 1.08. The van der Waals surface area contributed by atoms with Crippen molar-refractivity contribution in [3.05, 3.63) is 35.9 Å². The second kappa shape index (κ2) is 6.78. The first-order chi connectivity index (χ1) is 11.8. The van der Waals surface area contributed by atoms with E-state index in [9.17, 15) is 18.0 Å². The minimum atomic E-state index is -3.33. The van der Waals surface area contributed by atoms with Crippen molar-refractivity contribution in [3.8, 4) is 0 Å². The molecule has 6 nitrogen and oxygen atoms in total. The lowest BCUT2D eigenvalue weighted by atomic mass is 9.89. The van der Waals surface area contributed by atoms with Crippen LogP contribution in [-0.2, 0) is 19.4 Å². The molecular weight excluding hydrogens is 340 g/mol. The molecule has 0 unspecified atom stereocenters. The first-order valence-electron chi connectivity index (χ1n) is 8.60. The lowest BCUT2D eigenvalue weighted by molar-refractivity contribution is -0.132. The molecule has 0 saturated carbocycles. The molecule has 136 valence electrons. The van der Waals surface area contributed by atoms with E-state index in [-0.39, 0.29) is 29.7 Å². The average Bonchev–Trinajstić information content (AvgIpc) is 3.11. The predicted octanol–water partition coefficient (Wildman–Crippen LogP) is 1.10. The smallest absolute Gasteiger partial charge is 0.237 e. The highest BCUT2D eigenvalue weighted by atomic mass is 32.2. The van der Waals surface area contributed by atoms with Gasteiger partial charge in [0.15, 0.2) is 9.84 Å². The molecule has 0 aliphatic carbocycles. The van der Waals surface area contributed by atoms with Gasteiger partial charge in [-0.05, 0) is 5.56 Å². The van der Waals surface area contributed by atoms with Crippen LogP contribution in [0.25, 0.3) is 0 Å². The minimum Gasteiger partial charge on any atom is -0.341 e. The SMILES string of the molecule is CCC(=O)N1C[C@@H]2CN(C(=O)CS(C)(=O)=O)C[C@@H]2[C@@H]1c1ccccc1. The second-order valence-electron chi connectivity index (χ2n) is 7.05. The summed E-state index contributed by atoms with van der Waals surface area (Å²) in [4.78, 5) is 28.3.